The van der Waals surface area contributed by atoms with E-state index in [1.54, 1.807) is 24.3 Å². The van der Waals surface area contributed by atoms with E-state index in [1.807, 2.05) is 0 Å². The number of carbonyl (C=O) groups is 1. The second kappa shape index (κ2) is 3.80. The zero-order valence-corrected chi connectivity index (χ0v) is 8.11. The van der Waals surface area contributed by atoms with Gasteiger partial charge in [0.2, 0.25) is 0 Å². The lowest BCUT2D eigenvalue weighted by Gasteiger charge is -1.90. The van der Waals surface area contributed by atoms with Gasteiger partial charge in [-0.05, 0) is 24.3 Å². The lowest BCUT2D eigenvalue weighted by Crippen LogP contribution is -1.94. The number of rotatable bonds is 1. The minimum Gasteiger partial charge on any atom is -0.477 e. The number of nitriles is 1. The van der Waals surface area contributed by atoms with Crippen molar-refractivity contribution in [3.8, 4) is 17.9 Å². The number of nitrogens with zero attached hydrogens (tertiary/aromatic N) is 1. The van der Waals surface area contributed by atoms with Crippen LogP contribution in [0.4, 0.5) is 0 Å². The quantitative estimate of drug-likeness (QED) is 0.704. The highest BCUT2D eigenvalue weighted by atomic mass is 16.4. The van der Waals surface area contributed by atoms with Gasteiger partial charge in [0.1, 0.15) is 5.69 Å². The maximum absolute atomic E-state index is 10.7. The molecule has 2 rings (SSSR count). The molecule has 0 radical (unpaired) electrons. The number of hydrogen-bond donors (Lipinski definition) is 2. The predicted octanol–water partition coefficient (Wildman–Crippen LogP) is 1.74. The van der Waals surface area contributed by atoms with E-state index in [1.165, 1.54) is 6.07 Å². The molecule has 1 aromatic carbocycles. The van der Waals surface area contributed by atoms with E-state index in [4.69, 9.17) is 10.4 Å². The minimum absolute atomic E-state index is 0.139. The van der Waals surface area contributed by atoms with Crippen molar-refractivity contribution < 1.29 is 9.90 Å². The van der Waals surface area contributed by atoms with Crippen molar-refractivity contribution in [1.82, 2.24) is 4.98 Å². The molecule has 2 aromatic rings. The summed E-state index contributed by atoms with van der Waals surface area (Å²) in [5.74, 6) is 3.94. The number of carboxylic acids is 1. The number of fused-ring (bicyclic) bond motifs is 1. The van der Waals surface area contributed by atoms with E-state index in [0.717, 1.165) is 10.9 Å². The van der Waals surface area contributed by atoms with Crippen molar-refractivity contribution in [3.63, 3.8) is 0 Å². The summed E-state index contributed by atoms with van der Waals surface area (Å²) in [6.07, 6.45) is 0. The molecule has 1 heterocycles. The molecule has 0 amide bonds. The maximum Gasteiger partial charge on any atom is 0.352 e. The first kappa shape index (κ1) is 9.82. The van der Waals surface area contributed by atoms with Crippen LogP contribution < -0.4 is 0 Å². The molecule has 0 aliphatic rings. The van der Waals surface area contributed by atoms with Gasteiger partial charge in [0, 0.05) is 22.4 Å². The summed E-state index contributed by atoms with van der Waals surface area (Å²) >= 11 is 0. The van der Waals surface area contributed by atoms with Gasteiger partial charge >= 0.3 is 5.97 Å². The Balaban J connectivity index is 2.54. The molecule has 4 heteroatoms. The SMILES string of the molecule is N#CC#Cc1ccc2[nH]c(C(=O)O)cc2c1. The lowest BCUT2D eigenvalue weighted by molar-refractivity contribution is 0.0691. The highest BCUT2D eigenvalue weighted by molar-refractivity contribution is 5.94. The second-order valence-corrected chi connectivity index (χ2v) is 3.15. The first-order valence-corrected chi connectivity index (χ1v) is 4.47. The molecule has 0 aliphatic heterocycles. The van der Waals surface area contributed by atoms with E-state index in [-0.39, 0.29) is 5.69 Å². The van der Waals surface area contributed by atoms with Crippen LogP contribution in [-0.4, -0.2) is 16.1 Å². The summed E-state index contributed by atoms with van der Waals surface area (Å²) < 4.78 is 0. The molecule has 2 N–H and O–H groups in total. The number of aromatic nitrogens is 1. The van der Waals surface area contributed by atoms with E-state index < -0.39 is 5.97 Å². The minimum atomic E-state index is -0.999. The molecule has 4 nitrogen and oxygen atoms in total. The van der Waals surface area contributed by atoms with E-state index >= 15 is 0 Å². The van der Waals surface area contributed by atoms with E-state index in [2.05, 4.69) is 16.8 Å². The molecule has 0 saturated carbocycles. The summed E-state index contributed by atoms with van der Waals surface area (Å²) in [6, 6.07) is 8.47. The number of aromatic carboxylic acids is 1. The Labute approximate surface area is 91.1 Å². The smallest absolute Gasteiger partial charge is 0.352 e. The Morgan fingerprint density at radius 3 is 2.88 bits per heavy atom. The van der Waals surface area contributed by atoms with E-state index in [0.29, 0.717) is 5.56 Å². The summed E-state index contributed by atoms with van der Waals surface area (Å²) in [4.78, 5) is 13.5. The first-order chi connectivity index (χ1) is 7.70. The Morgan fingerprint density at radius 1 is 1.38 bits per heavy atom. The van der Waals surface area contributed by atoms with Gasteiger partial charge in [-0.2, -0.15) is 5.26 Å². The van der Waals surface area contributed by atoms with Crippen LogP contribution in [0.15, 0.2) is 24.3 Å². The van der Waals surface area contributed by atoms with Crippen LogP contribution in [-0.2, 0) is 0 Å². The molecular weight excluding hydrogens is 204 g/mol. The fourth-order valence-electron chi connectivity index (χ4n) is 1.43. The second-order valence-electron chi connectivity index (χ2n) is 3.15. The van der Waals surface area contributed by atoms with Crippen LogP contribution in [0, 0.1) is 23.2 Å². The van der Waals surface area contributed by atoms with Crippen LogP contribution in [0.5, 0.6) is 0 Å². The molecular formula is C12H6N2O2. The van der Waals surface area contributed by atoms with Crippen LogP contribution in [0.2, 0.25) is 0 Å². The third kappa shape index (κ3) is 1.73. The number of benzene rings is 1. The average molecular weight is 210 g/mol. The highest BCUT2D eigenvalue weighted by Gasteiger charge is 2.06. The highest BCUT2D eigenvalue weighted by Crippen LogP contribution is 2.16. The zero-order chi connectivity index (χ0) is 11.5. The summed E-state index contributed by atoms with van der Waals surface area (Å²) in [7, 11) is 0. The van der Waals surface area contributed by atoms with Crippen molar-refractivity contribution >= 4 is 16.9 Å². The third-order valence-electron chi connectivity index (χ3n) is 2.11. The molecule has 0 spiro atoms. The number of aromatic amines is 1. The standard InChI is InChI=1S/C12H6N2O2/c13-5-1-2-8-3-4-10-9(6-8)7-11(14-10)12(15)16/h3-4,6-7,14H,(H,15,16). The van der Waals surface area contributed by atoms with Crippen molar-refractivity contribution in [3.05, 3.63) is 35.5 Å². The first-order valence-electron chi connectivity index (χ1n) is 4.47. The monoisotopic (exact) mass is 210 g/mol. The van der Waals surface area contributed by atoms with Gasteiger partial charge in [-0.1, -0.05) is 5.92 Å². The van der Waals surface area contributed by atoms with Crippen molar-refractivity contribution in [2.45, 2.75) is 0 Å². The molecule has 0 bridgehead atoms. The average Bonchev–Trinajstić information content (AvgIpc) is 2.69. The topological polar surface area (TPSA) is 76.9 Å². The number of H-pyrrole nitrogens is 1. The van der Waals surface area contributed by atoms with Crippen molar-refractivity contribution in [1.29, 1.82) is 5.26 Å². The van der Waals surface area contributed by atoms with Gasteiger partial charge in [-0.3, -0.25) is 0 Å². The summed E-state index contributed by atoms with van der Waals surface area (Å²) in [5, 5.41) is 17.9. The summed E-state index contributed by atoms with van der Waals surface area (Å²) in [5.41, 5.74) is 1.56. The number of carboxylic acid groups (broad SMARTS) is 1. The maximum atomic E-state index is 10.7. The van der Waals surface area contributed by atoms with Crippen molar-refractivity contribution in [2.75, 3.05) is 0 Å². The van der Waals surface area contributed by atoms with Gasteiger partial charge < -0.3 is 10.1 Å². The van der Waals surface area contributed by atoms with Gasteiger partial charge in [0.15, 0.2) is 6.07 Å². The van der Waals surface area contributed by atoms with Gasteiger partial charge in [0.25, 0.3) is 0 Å². The molecule has 76 valence electrons. The van der Waals surface area contributed by atoms with Crippen LogP contribution >= 0.6 is 0 Å². The largest absolute Gasteiger partial charge is 0.477 e. The molecule has 0 fully saturated rings. The molecule has 0 saturated heterocycles. The van der Waals surface area contributed by atoms with E-state index in [9.17, 15) is 4.79 Å². The molecule has 16 heavy (non-hydrogen) atoms. The normalized spacial score (nSPS) is 9.19. The Kier molecular flexibility index (Phi) is 2.33. The van der Waals surface area contributed by atoms with Crippen LogP contribution in [0.1, 0.15) is 16.1 Å². The Hall–Kier alpha value is -2.72. The zero-order valence-electron chi connectivity index (χ0n) is 8.11. The Bertz CT molecular complexity index is 666. The lowest BCUT2D eigenvalue weighted by atomic mass is 10.1. The summed E-state index contributed by atoms with van der Waals surface area (Å²) in [6.45, 7) is 0. The number of nitrogens with one attached hydrogen (secondary N) is 1. The third-order valence-corrected chi connectivity index (χ3v) is 2.11. The van der Waals surface area contributed by atoms with Gasteiger partial charge in [-0.25, -0.2) is 4.79 Å². The fraction of sp³-hybridized carbons (Fsp3) is 0. The molecule has 0 atom stereocenters. The Morgan fingerprint density at radius 2 is 2.19 bits per heavy atom. The predicted molar refractivity (Wildman–Crippen MR) is 57.7 cm³/mol. The van der Waals surface area contributed by atoms with Crippen LogP contribution in [0.3, 0.4) is 0 Å². The van der Waals surface area contributed by atoms with Crippen LogP contribution in [0.25, 0.3) is 10.9 Å². The fourth-order valence-corrected chi connectivity index (χ4v) is 1.43. The molecule has 0 unspecified atom stereocenters. The van der Waals surface area contributed by atoms with Crippen molar-refractivity contribution in [2.24, 2.45) is 0 Å². The number of hydrogen-bond acceptors (Lipinski definition) is 2. The van der Waals surface area contributed by atoms with Gasteiger partial charge in [-0.15, -0.1) is 0 Å². The molecule has 1 aromatic heterocycles. The molecule has 0 aliphatic carbocycles. The van der Waals surface area contributed by atoms with Gasteiger partial charge in [0.05, 0.1) is 0 Å².